The molecule has 20 heavy (non-hydrogen) atoms. The normalized spacial score (nSPS) is 11.1. The van der Waals surface area contributed by atoms with Crippen molar-refractivity contribution in [1.29, 1.82) is 0 Å². The van der Waals surface area contributed by atoms with E-state index in [1.54, 1.807) is 6.07 Å². The predicted molar refractivity (Wildman–Crippen MR) is 73.7 cm³/mol. The van der Waals surface area contributed by atoms with Crippen LogP contribution in [0.4, 0.5) is 13.2 Å². The molecule has 0 saturated heterocycles. The van der Waals surface area contributed by atoms with Crippen LogP contribution in [0.15, 0.2) is 36.4 Å². The topological polar surface area (TPSA) is 12.0 Å². The highest BCUT2D eigenvalue weighted by atomic mass is 19.1. The Balaban J connectivity index is 2.51. The van der Waals surface area contributed by atoms with Crippen LogP contribution in [-0.2, 0) is 6.54 Å². The van der Waals surface area contributed by atoms with Gasteiger partial charge in [0.15, 0.2) is 0 Å². The van der Waals surface area contributed by atoms with Gasteiger partial charge in [0.1, 0.15) is 17.5 Å². The summed E-state index contributed by atoms with van der Waals surface area (Å²) in [6, 6.07) is 7.86. The summed E-state index contributed by atoms with van der Waals surface area (Å²) in [7, 11) is 0. The molecule has 2 aromatic carbocycles. The van der Waals surface area contributed by atoms with Gasteiger partial charge in [0, 0.05) is 12.6 Å². The van der Waals surface area contributed by atoms with Gasteiger partial charge in [0.2, 0.25) is 0 Å². The molecule has 0 bridgehead atoms. The van der Waals surface area contributed by atoms with Crippen molar-refractivity contribution in [3.63, 3.8) is 0 Å². The Morgan fingerprint density at radius 1 is 1.00 bits per heavy atom. The smallest absolute Gasteiger partial charge is 0.133 e. The molecule has 0 spiro atoms. The quantitative estimate of drug-likeness (QED) is 0.881. The van der Waals surface area contributed by atoms with Crippen LogP contribution in [0.25, 0.3) is 11.1 Å². The van der Waals surface area contributed by atoms with Gasteiger partial charge in [-0.15, -0.1) is 0 Å². The van der Waals surface area contributed by atoms with Crippen LogP contribution in [0.2, 0.25) is 0 Å². The first-order chi connectivity index (χ1) is 9.49. The van der Waals surface area contributed by atoms with E-state index in [2.05, 4.69) is 5.32 Å². The molecule has 1 N–H and O–H groups in total. The molecular weight excluding hydrogens is 263 g/mol. The highest BCUT2D eigenvalue weighted by Gasteiger charge is 2.15. The molecule has 106 valence electrons. The molecule has 0 aliphatic rings. The fourth-order valence-corrected chi connectivity index (χ4v) is 2.00. The number of nitrogens with one attached hydrogen (secondary N) is 1. The van der Waals surface area contributed by atoms with Gasteiger partial charge in [-0.05, 0) is 35.4 Å². The van der Waals surface area contributed by atoms with Gasteiger partial charge in [0.05, 0.1) is 5.56 Å². The average Bonchev–Trinajstić information content (AvgIpc) is 2.37. The van der Waals surface area contributed by atoms with Crippen molar-refractivity contribution < 1.29 is 13.2 Å². The Morgan fingerprint density at radius 2 is 1.65 bits per heavy atom. The van der Waals surface area contributed by atoms with Crippen molar-refractivity contribution in [2.75, 3.05) is 0 Å². The summed E-state index contributed by atoms with van der Waals surface area (Å²) in [5.41, 5.74) is 0.713. The summed E-state index contributed by atoms with van der Waals surface area (Å²) in [6.07, 6.45) is 0. The molecule has 4 heteroatoms. The lowest BCUT2D eigenvalue weighted by Crippen LogP contribution is -2.22. The molecule has 0 aromatic heterocycles. The highest BCUT2D eigenvalue weighted by molar-refractivity contribution is 5.68. The Bertz CT molecular complexity index is 588. The van der Waals surface area contributed by atoms with Crippen molar-refractivity contribution in [3.05, 3.63) is 59.4 Å². The summed E-state index contributed by atoms with van der Waals surface area (Å²) in [6.45, 7) is 4.35. The molecule has 0 aliphatic carbocycles. The standard InChI is InChI=1S/C16H16F3N/c1-10(2)20-9-11-6-7-12(17)8-13(11)16-14(18)4-3-5-15(16)19/h3-8,10,20H,9H2,1-2H3. The van der Waals surface area contributed by atoms with Crippen molar-refractivity contribution in [2.24, 2.45) is 0 Å². The van der Waals surface area contributed by atoms with Gasteiger partial charge in [-0.25, -0.2) is 13.2 Å². The first-order valence-electron chi connectivity index (χ1n) is 6.45. The third-order valence-electron chi connectivity index (χ3n) is 3.00. The summed E-state index contributed by atoms with van der Waals surface area (Å²) >= 11 is 0. The van der Waals surface area contributed by atoms with E-state index in [0.717, 1.165) is 0 Å². The van der Waals surface area contributed by atoms with Crippen LogP contribution in [0.3, 0.4) is 0 Å². The average molecular weight is 279 g/mol. The van der Waals surface area contributed by atoms with Crippen LogP contribution in [0.1, 0.15) is 19.4 Å². The van der Waals surface area contributed by atoms with E-state index in [4.69, 9.17) is 0 Å². The van der Waals surface area contributed by atoms with Gasteiger partial charge in [-0.3, -0.25) is 0 Å². The van der Waals surface area contributed by atoms with E-state index >= 15 is 0 Å². The van der Waals surface area contributed by atoms with Gasteiger partial charge >= 0.3 is 0 Å². The van der Waals surface area contributed by atoms with E-state index < -0.39 is 17.5 Å². The van der Waals surface area contributed by atoms with E-state index in [1.165, 1.54) is 30.3 Å². The number of rotatable bonds is 4. The van der Waals surface area contributed by atoms with Crippen molar-refractivity contribution in [1.82, 2.24) is 5.32 Å². The van der Waals surface area contributed by atoms with Crippen LogP contribution in [-0.4, -0.2) is 6.04 Å². The third kappa shape index (κ3) is 3.20. The van der Waals surface area contributed by atoms with E-state index in [-0.39, 0.29) is 17.2 Å². The summed E-state index contributed by atoms with van der Waals surface area (Å²) in [5.74, 6) is -1.90. The minimum Gasteiger partial charge on any atom is -0.310 e. The molecule has 0 amide bonds. The monoisotopic (exact) mass is 279 g/mol. The zero-order chi connectivity index (χ0) is 14.7. The molecule has 0 fully saturated rings. The zero-order valence-corrected chi connectivity index (χ0v) is 11.4. The number of halogens is 3. The first-order valence-corrected chi connectivity index (χ1v) is 6.45. The maximum atomic E-state index is 13.9. The molecule has 2 rings (SSSR count). The van der Waals surface area contributed by atoms with Crippen LogP contribution in [0.5, 0.6) is 0 Å². The molecule has 0 aliphatic heterocycles. The van der Waals surface area contributed by atoms with Crippen molar-refractivity contribution in [3.8, 4) is 11.1 Å². The SMILES string of the molecule is CC(C)NCc1ccc(F)cc1-c1c(F)cccc1F. The van der Waals surface area contributed by atoms with Crippen LogP contribution < -0.4 is 5.32 Å². The lowest BCUT2D eigenvalue weighted by Gasteiger charge is -2.14. The minimum absolute atomic E-state index is 0.187. The fraction of sp³-hybridized carbons (Fsp3) is 0.250. The van der Waals surface area contributed by atoms with Gasteiger partial charge < -0.3 is 5.32 Å². The molecule has 0 atom stereocenters. The Hall–Kier alpha value is -1.81. The summed E-state index contributed by atoms with van der Waals surface area (Å²) in [4.78, 5) is 0. The summed E-state index contributed by atoms with van der Waals surface area (Å²) < 4.78 is 41.2. The fourth-order valence-electron chi connectivity index (χ4n) is 2.00. The first kappa shape index (κ1) is 14.6. The van der Waals surface area contributed by atoms with Crippen LogP contribution >= 0.6 is 0 Å². The second-order valence-corrected chi connectivity index (χ2v) is 4.93. The molecule has 0 heterocycles. The molecular formula is C16H16F3N. The zero-order valence-electron chi connectivity index (χ0n) is 11.4. The molecule has 0 radical (unpaired) electrons. The van der Waals surface area contributed by atoms with Gasteiger partial charge in [-0.2, -0.15) is 0 Å². The predicted octanol–water partition coefficient (Wildman–Crippen LogP) is 4.27. The lowest BCUT2D eigenvalue weighted by molar-refractivity contribution is 0.579. The molecule has 0 unspecified atom stereocenters. The second kappa shape index (κ2) is 6.09. The Morgan fingerprint density at radius 3 is 2.25 bits per heavy atom. The summed E-state index contributed by atoms with van der Waals surface area (Å²) in [5, 5.41) is 3.16. The maximum Gasteiger partial charge on any atom is 0.133 e. The molecule has 1 nitrogen and oxygen atoms in total. The third-order valence-corrected chi connectivity index (χ3v) is 3.00. The lowest BCUT2D eigenvalue weighted by atomic mass is 9.98. The van der Waals surface area contributed by atoms with E-state index in [9.17, 15) is 13.2 Å². The number of benzene rings is 2. The van der Waals surface area contributed by atoms with Gasteiger partial charge in [-0.1, -0.05) is 26.0 Å². The van der Waals surface area contributed by atoms with Crippen molar-refractivity contribution >= 4 is 0 Å². The highest BCUT2D eigenvalue weighted by Crippen LogP contribution is 2.29. The second-order valence-electron chi connectivity index (χ2n) is 4.93. The maximum absolute atomic E-state index is 13.9. The van der Waals surface area contributed by atoms with E-state index in [0.29, 0.717) is 12.1 Å². The van der Waals surface area contributed by atoms with E-state index in [1.807, 2.05) is 13.8 Å². The molecule has 0 saturated carbocycles. The van der Waals surface area contributed by atoms with Gasteiger partial charge in [0.25, 0.3) is 0 Å². The van der Waals surface area contributed by atoms with Crippen molar-refractivity contribution in [2.45, 2.75) is 26.4 Å². The Labute approximate surface area is 116 Å². The van der Waals surface area contributed by atoms with Crippen LogP contribution in [0, 0.1) is 17.5 Å². The number of hydrogen-bond donors (Lipinski definition) is 1. The minimum atomic E-state index is -0.693. The Kier molecular flexibility index (Phi) is 4.45. The number of hydrogen-bond acceptors (Lipinski definition) is 1. The molecule has 2 aromatic rings. The largest absolute Gasteiger partial charge is 0.310 e.